The van der Waals surface area contributed by atoms with E-state index in [2.05, 4.69) is 13.8 Å². The standard InChI is InChI=1S/C19H28O4S/c1-4-15(3)16-7-9-17(10-8-16)19(20)13-23-24(21,22)18-11-5-14(2)6-12-18/h5-6,11-12,15-17H,4,7-10,13H2,1-3H3. The van der Waals surface area contributed by atoms with Crippen LogP contribution in [0.15, 0.2) is 29.2 Å². The zero-order valence-corrected chi connectivity index (χ0v) is 15.6. The molecular weight excluding hydrogens is 324 g/mol. The molecule has 0 bridgehead atoms. The van der Waals surface area contributed by atoms with Gasteiger partial charge in [0.2, 0.25) is 0 Å². The highest BCUT2D eigenvalue weighted by molar-refractivity contribution is 7.86. The van der Waals surface area contributed by atoms with Crippen molar-refractivity contribution in [2.45, 2.75) is 57.8 Å². The molecule has 1 aromatic carbocycles. The molecule has 134 valence electrons. The topological polar surface area (TPSA) is 60.4 Å². The van der Waals surface area contributed by atoms with Crippen molar-refractivity contribution < 1.29 is 17.4 Å². The molecule has 0 aliphatic heterocycles. The van der Waals surface area contributed by atoms with E-state index >= 15 is 0 Å². The van der Waals surface area contributed by atoms with Crippen molar-refractivity contribution in [1.29, 1.82) is 0 Å². The summed E-state index contributed by atoms with van der Waals surface area (Å²) in [6.45, 7) is 6.00. The Kier molecular flexibility index (Phi) is 6.58. The van der Waals surface area contributed by atoms with Gasteiger partial charge in [-0.1, -0.05) is 38.0 Å². The summed E-state index contributed by atoms with van der Waals surface area (Å²) in [6, 6.07) is 6.45. The summed E-state index contributed by atoms with van der Waals surface area (Å²) in [5.41, 5.74) is 0.975. The van der Waals surface area contributed by atoms with Crippen LogP contribution >= 0.6 is 0 Å². The summed E-state index contributed by atoms with van der Waals surface area (Å²) in [5, 5.41) is 0. The van der Waals surface area contributed by atoms with Gasteiger partial charge in [0.05, 0.1) is 4.90 Å². The number of Topliss-reactive ketones (excluding diaryl/α,β-unsaturated/α-hetero) is 1. The second kappa shape index (κ2) is 8.26. The summed E-state index contributed by atoms with van der Waals surface area (Å²) in [5.74, 6) is 1.24. The van der Waals surface area contributed by atoms with Crippen LogP contribution < -0.4 is 0 Å². The fourth-order valence-corrected chi connectivity index (χ4v) is 4.25. The van der Waals surface area contributed by atoms with Gasteiger partial charge >= 0.3 is 0 Å². The van der Waals surface area contributed by atoms with Crippen molar-refractivity contribution in [3.63, 3.8) is 0 Å². The normalized spacial score (nSPS) is 23.0. The third-order valence-electron chi connectivity index (χ3n) is 5.34. The van der Waals surface area contributed by atoms with E-state index in [1.165, 1.54) is 18.6 Å². The van der Waals surface area contributed by atoms with Crippen LogP contribution in [0.5, 0.6) is 0 Å². The van der Waals surface area contributed by atoms with Crippen molar-refractivity contribution in [3.05, 3.63) is 29.8 Å². The lowest BCUT2D eigenvalue weighted by Crippen LogP contribution is -2.28. The maximum atomic E-state index is 12.3. The summed E-state index contributed by atoms with van der Waals surface area (Å²) in [6.07, 6.45) is 4.97. The van der Waals surface area contributed by atoms with Gasteiger partial charge in [-0.25, -0.2) is 0 Å². The molecule has 0 radical (unpaired) electrons. The molecule has 0 N–H and O–H groups in total. The van der Waals surface area contributed by atoms with Crippen molar-refractivity contribution in [2.24, 2.45) is 17.8 Å². The van der Waals surface area contributed by atoms with Crippen LogP contribution in [0, 0.1) is 24.7 Å². The Bertz CT molecular complexity index is 640. The summed E-state index contributed by atoms with van der Waals surface area (Å²) in [7, 11) is -3.86. The van der Waals surface area contributed by atoms with Gasteiger partial charge in [-0.2, -0.15) is 8.42 Å². The number of ketones is 1. The van der Waals surface area contributed by atoms with Crippen LogP contribution in [0.1, 0.15) is 51.5 Å². The van der Waals surface area contributed by atoms with Crippen molar-refractivity contribution in [1.82, 2.24) is 0 Å². The minimum Gasteiger partial charge on any atom is -0.297 e. The lowest BCUT2D eigenvalue weighted by atomic mass is 9.74. The summed E-state index contributed by atoms with van der Waals surface area (Å²) < 4.78 is 29.3. The van der Waals surface area contributed by atoms with E-state index in [4.69, 9.17) is 4.18 Å². The molecule has 1 aliphatic carbocycles. The highest BCUT2D eigenvalue weighted by Gasteiger charge is 2.29. The van der Waals surface area contributed by atoms with E-state index in [0.29, 0.717) is 11.8 Å². The maximum Gasteiger partial charge on any atom is 0.297 e. The maximum absolute atomic E-state index is 12.3. The number of rotatable bonds is 7. The summed E-state index contributed by atoms with van der Waals surface area (Å²) in [4.78, 5) is 12.4. The number of aryl methyl sites for hydroxylation is 1. The SMILES string of the molecule is CCC(C)C1CCC(C(=O)COS(=O)(=O)c2ccc(C)cc2)CC1. The van der Waals surface area contributed by atoms with E-state index < -0.39 is 10.1 Å². The first-order valence-electron chi connectivity index (χ1n) is 8.82. The zero-order chi connectivity index (χ0) is 17.7. The molecule has 0 aromatic heterocycles. The van der Waals surface area contributed by atoms with Gasteiger partial charge in [0, 0.05) is 5.92 Å². The molecule has 1 aliphatic rings. The second-order valence-electron chi connectivity index (χ2n) is 6.99. The van der Waals surface area contributed by atoms with E-state index in [0.717, 1.165) is 31.2 Å². The van der Waals surface area contributed by atoms with Crippen molar-refractivity contribution in [3.8, 4) is 0 Å². The number of carbonyl (C=O) groups excluding carboxylic acids is 1. The molecule has 1 atom stereocenters. The van der Waals surface area contributed by atoms with Crippen molar-refractivity contribution >= 4 is 15.9 Å². The number of carbonyl (C=O) groups is 1. The average molecular weight is 352 g/mol. The van der Waals surface area contributed by atoms with Gasteiger partial charge in [0.25, 0.3) is 10.1 Å². The predicted octanol–water partition coefficient (Wildman–Crippen LogP) is 4.12. The monoisotopic (exact) mass is 352 g/mol. The molecule has 4 nitrogen and oxygen atoms in total. The Balaban J connectivity index is 1.86. The molecule has 0 amide bonds. The van der Waals surface area contributed by atoms with Crippen LogP contribution in [0.4, 0.5) is 0 Å². The van der Waals surface area contributed by atoms with E-state index in [1.807, 2.05) is 6.92 Å². The van der Waals surface area contributed by atoms with Crippen molar-refractivity contribution in [2.75, 3.05) is 6.61 Å². The number of benzene rings is 1. The highest BCUT2D eigenvalue weighted by atomic mass is 32.2. The number of hydrogen-bond donors (Lipinski definition) is 0. The minimum absolute atomic E-state index is 0.0569. The molecular formula is C19H28O4S. The Labute approximate surface area is 145 Å². The van der Waals surface area contributed by atoms with E-state index in [1.54, 1.807) is 12.1 Å². The lowest BCUT2D eigenvalue weighted by molar-refractivity contribution is -0.126. The predicted molar refractivity (Wildman–Crippen MR) is 94.2 cm³/mol. The average Bonchev–Trinajstić information content (AvgIpc) is 2.59. The van der Waals surface area contributed by atoms with Gasteiger partial charge in [0.1, 0.15) is 6.61 Å². The fourth-order valence-electron chi connectivity index (χ4n) is 3.37. The third-order valence-corrected chi connectivity index (χ3v) is 6.62. The zero-order valence-electron chi connectivity index (χ0n) is 14.8. The quantitative estimate of drug-likeness (QED) is 0.693. The van der Waals surface area contributed by atoms with Gasteiger partial charge in [0.15, 0.2) is 5.78 Å². The van der Waals surface area contributed by atoms with Crippen LogP contribution in [0.2, 0.25) is 0 Å². The van der Waals surface area contributed by atoms with Crippen LogP contribution in [-0.2, 0) is 19.1 Å². The Hall–Kier alpha value is -1.20. The molecule has 1 aromatic rings. The fraction of sp³-hybridized carbons (Fsp3) is 0.632. The first kappa shape index (κ1) is 19.1. The Morgan fingerprint density at radius 2 is 1.75 bits per heavy atom. The highest BCUT2D eigenvalue weighted by Crippen LogP contribution is 2.35. The molecule has 1 unspecified atom stereocenters. The Morgan fingerprint density at radius 3 is 2.29 bits per heavy atom. The van der Waals surface area contributed by atoms with E-state index in [9.17, 15) is 13.2 Å². The smallest absolute Gasteiger partial charge is 0.297 e. The molecule has 0 spiro atoms. The molecule has 24 heavy (non-hydrogen) atoms. The second-order valence-corrected chi connectivity index (χ2v) is 8.61. The molecule has 5 heteroatoms. The largest absolute Gasteiger partial charge is 0.297 e. The van der Waals surface area contributed by atoms with Gasteiger partial charge in [-0.15, -0.1) is 0 Å². The lowest BCUT2D eigenvalue weighted by Gasteiger charge is -2.31. The van der Waals surface area contributed by atoms with Crippen LogP contribution in [0.3, 0.4) is 0 Å². The number of hydrogen-bond acceptors (Lipinski definition) is 4. The van der Waals surface area contributed by atoms with Gasteiger partial charge < -0.3 is 0 Å². The first-order chi connectivity index (χ1) is 11.3. The Morgan fingerprint density at radius 1 is 1.17 bits per heavy atom. The van der Waals surface area contributed by atoms with Crippen LogP contribution in [-0.4, -0.2) is 20.8 Å². The third kappa shape index (κ3) is 4.90. The molecule has 0 saturated heterocycles. The first-order valence-corrected chi connectivity index (χ1v) is 10.2. The molecule has 1 fully saturated rings. The van der Waals surface area contributed by atoms with E-state index in [-0.39, 0.29) is 23.2 Å². The van der Waals surface area contributed by atoms with Crippen LogP contribution in [0.25, 0.3) is 0 Å². The molecule has 0 heterocycles. The van der Waals surface area contributed by atoms with Gasteiger partial charge in [-0.05, 0) is 56.6 Å². The molecule has 1 saturated carbocycles. The summed E-state index contributed by atoms with van der Waals surface area (Å²) >= 11 is 0. The minimum atomic E-state index is -3.86. The van der Waals surface area contributed by atoms with Gasteiger partial charge in [-0.3, -0.25) is 8.98 Å². The molecule has 2 rings (SSSR count).